The molecule has 0 amide bonds. The van der Waals surface area contributed by atoms with Crippen LogP contribution in [-0.2, 0) is 6.54 Å². The van der Waals surface area contributed by atoms with E-state index in [1.807, 2.05) is 18.3 Å². The molecule has 1 aliphatic heterocycles. The molecule has 128 valence electrons. The molecule has 0 atom stereocenters. The molecule has 0 radical (unpaired) electrons. The molecule has 0 N–H and O–H groups in total. The topological polar surface area (TPSA) is 51.1 Å². The minimum absolute atomic E-state index is 0.611. The van der Waals surface area contributed by atoms with Crippen LogP contribution in [0.25, 0.3) is 0 Å². The Morgan fingerprint density at radius 2 is 1.96 bits per heavy atom. The molecule has 0 unspecified atom stereocenters. The van der Waals surface area contributed by atoms with Crippen LogP contribution in [0.4, 0.5) is 0 Å². The standard InChI is InChI=1S/C18H24N4OS/c1-13-17(20-7-6-19-13)23-11-14-4-8-22(9-5-14)10-16-12-24-18(21-16)15-2-3-15/h6-7,12,14-15H,2-5,8-11H2,1H3. The molecule has 0 spiro atoms. The minimum atomic E-state index is 0.611. The minimum Gasteiger partial charge on any atom is -0.476 e. The Labute approximate surface area is 147 Å². The monoisotopic (exact) mass is 344 g/mol. The first-order chi connectivity index (χ1) is 11.8. The first-order valence-corrected chi connectivity index (χ1v) is 9.73. The average Bonchev–Trinajstić information content (AvgIpc) is 3.35. The van der Waals surface area contributed by atoms with Gasteiger partial charge in [-0.3, -0.25) is 9.88 Å². The summed E-state index contributed by atoms with van der Waals surface area (Å²) in [5.74, 6) is 2.06. The molecule has 0 aromatic carbocycles. The van der Waals surface area contributed by atoms with E-state index < -0.39 is 0 Å². The van der Waals surface area contributed by atoms with Gasteiger partial charge in [0.25, 0.3) is 0 Å². The summed E-state index contributed by atoms with van der Waals surface area (Å²) < 4.78 is 5.86. The number of rotatable bonds is 6. The highest BCUT2D eigenvalue weighted by Gasteiger charge is 2.27. The maximum Gasteiger partial charge on any atom is 0.235 e. The second-order valence-corrected chi connectivity index (χ2v) is 7.82. The van der Waals surface area contributed by atoms with E-state index in [4.69, 9.17) is 9.72 Å². The van der Waals surface area contributed by atoms with Gasteiger partial charge < -0.3 is 4.74 Å². The molecule has 5 nitrogen and oxygen atoms in total. The van der Waals surface area contributed by atoms with Crippen molar-refractivity contribution in [2.24, 2.45) is 5.92 Å². The highest BCUT2D eigenvalue weighted by molar-refractivity contribution is 7.09. The van der Waals surface area contributed by atoms with Crippen LogP contribution in [0.2, 0.25) is 0 Å². The van der Waals surface area contributed by atoms with Crippen molar-refractivity contribution in [3.8, 4) is 5.88 Å². The van der Waals surface area contributed by atoms with Gasteiger partial charge in [0.15, 0.2) is 0 Å². The Hall–Kier alpha value is -1.53. The van der Waals surface area contributed by atoms with E-state index in [1.165, 1.54) is 36.4 Å². The SMILES string of the molecule is Cc1nccnc1OCC1CCN(Cc2csc(C3CC3)n2)CC1. The number of likely N-dealkylation sites (tertiary alicyclic amines) is 1. The second-order valence-electron chi connectivity index (χ2n) is 6.93. The van der Waals surface area contributed by atoms with Crippen LogP contribution in [-0.4, -0.2) is 39.5 Å². The number of aryl methyl sites for hydroxylation is 1. The van der Waals surface area contributed by atoms with Gasteiger partial charge in [0, 0.05) is 30.2 Å². The molecule has 1 aliphatic carbocycles. The van der Waals surface area contributed by atoms with Crippen molar-refractivity contribution in [2.45, 2.75) is 45.1 Å². The average molecular weight is 344 g/mol. The summed E-state index contributed by atoms with van der Waals surface area (Å²) in [6.07, 6.45) is 8.42. The van der Waals surface area contributed by atoms with Crippen molar-refractivity contribution in [3.63, 3.8) is 0 Å². The zero-order chi connectivity index (χ0) is 16.4. The fourth-order valence-electron chi connectivity index (χ4n) is 3.19. The lowest BCUT2D eigenvalue weighted by Gasteiger charge is -2.31. The third-order valence-corrected chi connectivity index (χ3v) is 5.94. The molecule has 2 aromatic heterocycles. The lowest BCUT2D eigenvalue weighted by Crippen LogP contribution is -2.35. The number of nitrogens with zero attached hydrogens (tertiary/aromatic N) is 4. The van der Waals surface area contributed by atoms with Crippen LogP contribution in [0.15, 0.2) is 17.8 Å². The Bertz CT molecular complexity index is 677. The van der Waals surface area contributed by atoms with Crippen molar-refractivity contribution >= 4 is 11.3 Å². The van der Waals surface area contributed by atoms with E-state index in [2.05, 4.69) is 20.2 Å². The molecule has 24 heavy (non-hydrogen) atoms. The molecular formula is C18H24N4OS. The normalized spacial score (nSPS) is 19.5. The summed E-state index contributed by atoms with van der Waals surface area (Å²) >= 11 is 1.85. The molecule has 4 rings (SSSR count). The van der Waals surface area contributed by atoms with Crippen LogP contribution >= 0.6 is 11.3 Å². The fraction of sp³-hybridized carbons (Fsp3) is 0.611. The number of aromatic nitrogens is 3. The van der Waals surface area contributed by atoms with Gasteiger partial charge in [-0.25, -0.2) is 9.97 Å². The van der Waals surface area contributed by atoms with Gasteiger partial charge in [-0.05, 0) is 51.6 Å². The van der Waals surface area contributed by atoms with Crippen LogP contribution < -0.4 is 4.74 Å². The zero-order valence-corrected chi connectivity index (χ0v) is 15.0. The summed E-state index contributed by atoms with van der Waals surface area (Å²) in [6.45, 7) is 5.94. The van der Waals surface area contributed by atoms with E-state index in [0.717, 1.165) is 37.9 Å². The zero-order valence-electron chi connectivity index (χ0n) is 14.1. The summed E-state index contributed by atoms with van der Waals surface area (Å²) in [6, 6.07) is 0. The van der Waals surface area contributed by atoms with Gasteiger partial charge in [0.05, 0.1) is 23.0 Å². The van der Waals surface area contributed by atoms with E-state index in [0.29, 0.717) is 11.8 Å². The van der Waals surface area contributed by atoms with Crippen molar-refractivity contribution in [3.05, 3.63) is 34.2 Å². The van der Waals surface area contributed by atoms with Crippen LogP contribution in [0.5, 0.6) is 5.88 Å². The molecule has 0 bridgehead atoms. The molecule has 3 heterocycles. The van der Waals surface area contributed by atoms with Crippen LogP contribution in [0.3, 0.4) is 0 Å². The van der Waals surface area contributed by atoms with Crippen molar-refractivity contribution in [1.82, 2.24) is 19.9 Å². The van der Waals surface area contributed by atoms with Crippen molar-refractivity contribution in [1.29, 1.82) is 0 Å². The predicted octanol–water partition coefficient (Wildman–Crippen LogP) is 3.41. The van der Waals surface area contributed by atoms with E-state index in [1.54, 1.807) is 12.4 Å². The van der Waals surface area contributed by atoms with E-state index >= 15 is 0 Å². The van der Waals surface area contributed by atoms with E-state index in [-0.39, 0.29) is 0 Å². The molecular weight excluding hydrogens is 320 g/mol. The van der Waals surface area contributed by atoms with Gasteiger partial charge in [-0.15, -0.1) is 11.3 Å². The number of piperidine rings is 1. The number of hydrogen-bond acceptors (Lipinski definition) is 6. The molecule has 2 aliphatic rings. The highest BCUT2D eigenvalue weighted by Crippen LogP contribution is 2.41. The smallest absolute Gasteiger partial charge is 0.235 e. The van der Waals surface area contributed by atoms with Crippen molar-refractivity contribution < 1.29 is 4.74 Å². The van der Waals surface area contributed by atoms with Crippen LogP contribution in [0.1, 0.15) is 48.0 Å². The Balaban J connectivity index is 1.22. The maximum absolute atomic E-state index is 5.86. The largest absolute Gasteiger partial charge is 0.476 e. The number of thiazole rings is 1. The number of hydrogen-bond donors (Lipinski definition) is 0. The summed E-state index contributed by atoms with van der Waals surface area (Å²) in [5, 5.41) is 3.60. The predicted molar refractivity (Wildman–Crippen MR) is 94.4 cm³/mol. The molecule has 6 heteroatoms. The molecule has 1 saturated carbocycles. The Morgan fingerprint density at radius 1 is 1.17 bits per heavy atom. The summed E-state index contributed by atoms with van der Waals surface area (Å²) in [4.78, 5) is 15.8. The summed E-state index contributed by atoms with van der Waals surface area (Å²) in [7, 11) is 0. The summed E-state index contributed by atoms with van der Waals surface area (Å²) in [5.41, 5.74) is 2.12. The molecule has 2 aromatic rings. The van der Waals surface area contributed by atoms with Crippen molar-refractivity contribution in [2.75, 3.05) is 19.7 Å². The highest BCUT2D eigenvalue weighted by atomic mass is 32.1. The van der Waals surface area contributed by atoms with Gasteiger partial charge in [-0.2, -0.15) is 0 Å². The lowest BCUT2D eigenvalue weighted by atomic mass is 9.98. The number of ether oxygens (including phenoxy) is 1. The van der Waals surface area contributed by atoms with Gasteiger partial charge >= 0.3 is 0 Å². The van der Waals surface area contributed by atoms with Gasteiger partial charge in [0.1, 0.15) is 0 Å². The fourth-order valence-corrected chi connectivity index (χ4v) is 4.17. The second kappa shape index (κ2) is 7.15. The third-order valence-electron chi connectivity index (χ3n) is 4.88. The Kier molecular flexibility index (Phi) is 4.76. The van der Waals surface area contributed by atoms with Crippen LogP contribution in [0, 0.1) is 12.8 Å². The van der Waals surface area contributed by atoms with Gasteiger partial charge in [0.2, 0.25) is 5.88 Å². The first-order valence-electron chi connectivity index (χ1n) is 8.85. The molecule has 1 saturated heterocycles. The Morgan fingerprint density at radius 3 is 2.71 bits per heavy atom. The quantitative estimate of drug-likeness (QED) is 0.804. The maximum atomic E-state index is 5.86. The molecule has 2 fully saturated rings. The lowest BCUT2D eigenvalue weighted by molar-refractivity contribution is 0.133. The first kappa shape index (κ1) is 16.0. The van der Waals surface area contributed by atoms with E-state index in [9.17, 15) is 0 Å². The van der Waals surface area contributed by atoms with Gasteiger partial charge in [-0.1, -0.05) is 0 Å². The third kappa shape index (κ3) is 3.92.